The Morgan fingerprint density at radius 1 is 1.09 bits per heavy atom. The SMILES string of the molecule is CCN(CC)CCN(CC(C)C)S(=O)(=O)c1ccccc1OC. The van der Waals surface area contributed by atoms with E-state index in [4.69, 9.17) is 4.74 Å². The van der Waals surface area contributed by atoms with Crippen LogP contribution in [0, 0.1) is 5.92 Å². The van der Waals surface area contributed by atoms with Gasteiger partial charge < -0.3 is 9.64 Å². The lowest BCUT2D eigenvalue weighted by Gasteiger charge is -2.27. The molecule has 0 fully saturated rings. The average Bonchev–Trinajstić information content (AvgIpc) is 2.54. The molecule has 6 heteroatoms. The molecule has 0 saturated heterocycles. The van der Waals surface area contributed by atoms with Crippen LogP contribution in [0.4, 0.5) is 0 Å². The molecule has 23 heavy (non-hydrogen) atoms. The summed E-state index contributed by atoms with van der Waals surface area (Å²) in [7, 11) is -2.07. The van der Waals surface area contributed by atoms with Gasteiger partial charge in [0.1, 0.15) is 10.6 Å². The van der Waals surface area contributed by atoms with Crippen LogP contribution in [-0.2, 0) is 10.0 Å². The molecule has 0 heterocycles. The highest BCUT2D eigenvalue weighted by atomic mass is 32.2. The van der Waals surface area contributed by atoms with Crippen LogP contribution in [-0.4, -0.2) is 57.5 Å². The number of rotatable bonds is 10. The zero-order chi connectivity index (χ0) is 17.5. The third-order valence-electron chi connectivity index (χ3n) is 3.82. The fraction of sp³-hybridized carbons (Fsp3) is 0.647. The summed E-state index contributed by atoms with van der Waals surface area (Å²) in [4.78, 5) is 2.47. The molecule has 0 radical (unpaired) electrons. The molecule has 132 valence electrons. The summed E-state index contributed by atoms with van der Waals surface area (Å²) in [5.41, 5.74) is 0. The van der Waals surface area contributed by atoms with Crippen molar-refractivity contribution in [1.29, 1.82) is 0 Å². The Morgan fingerprint density at radius 2 is 1.70 bits per heavy atom. The first-order valence-electron chi connectivity index (χ1n) is 8.22. The van der Waals surface area contributed by atoms with E-state index in [0.29, 0.717) is 18.8 Å². The Kier molecular flexibility index (Phi) is 8.02. The monoisotopic (exact) mass is 342 g/mol. The first kappa shape index (κ1) is 19.9. The molecule has 0 aromatic heterocycles. The number of methoxy groups -OCH3 is 1. The maximum atomic E-state index is 13.1. The fourth-order valence-corrected chi connectivity index (χ4v) is 4.23. The van der Waals surface area contributed by atoms with Crippen molar-refractivity contribution in [3.05, 3.63) is 24.3 Å². The van der Waals surface area contributed by atoms with Crippen LogP contribution in [0.25, 0.3) is 0 Å². The van der Waals surface area contributed by atoms with Gasteiger partial charge in [-0.15, -0.1) is 0 Å². The van der Waals surface area contributed by atoms with E-state index in [2.05, 4.69) is 18.7 Å². The molecule has 1 aromatic carbocycles. The maximum absolute atomic E-state index is 13.1. The van der Waals surface area contributed by atoms with Crippen LogP contribution in [0.2, 0.25) is 0 Å². The lowest BCUT2D eigenvalue weighted by molar-refractivity contribution is 0.261. The van der Waals surface area contributed by atoms with E-state index in [9.17, 15) is 8.42 Å². The molecule has 0 N–H and O–H groups in total. The quantitative estimate of drug-likeness (QED) is 0.656. The van der Waals surface area contributed by atoms with Crippen molar-refractivity contribution in [2.45, 2.75) is 32.6 Å². The van der Waals surface area contributed by atoms with Gasteiger partial charge in [-0.1, -0.05) is 39.8 Å². The fourth-order valence-electron chi connectivity index (χ4n) is 2.48. The third-order valence-corrected chi connectivity index (χ3v) is 5.72. The summed E-state index contributed by atoms with van der Waals surface area (Å²) >= 11 is 0. The largest absolute Gasteiger partial charge is 0.495 e. The van der Waals surface area contributed by atoms with E-state index in [1.807, 2.05) is 13.8 Å². The summed E-state index contributed by atoms with van der Waals surface area (Å²) in [6, 6.07) is 6.80. The third kappa shape index (κ3) is 5.48. The minimum Gasteiger partial charge on any atom is -0.495 e. The summed E-state index contributed by atoms with van der Waals surface area (Å²) in [5, 5.41) is 0. The molecule has 0 saturated carbocycles. The van der Waals surface area contributed by atoms with Crippen molar-refractivity contribution in [2.75, 3.05) is 39.8 Å². The van der Waals surface area contributed by atoms with Crippen molar-refractivity contribution in [2.24, 2.45) is 5.92 Å². The molecule has 0 aliphatic carbocycles. The summed E-state index contributed by atoms with van der Waals surface area (Å²) in [6.45, 7) is 11.8. The average molecular weight is 343 g/mol. The Hall–Kier alpha value is -1.11. The maximum Gasteiger partial charge on any atom is 0.246 e. The number of nitrogens with zero attached hydrogens (tertiary/aromatic N) is 2. The molecule has 0 atom stereocenters. The van der Waals surface area contributed by atoms with Gasteiger partial charge in [-0.05, 0) is 31.1 Å². The van der Waals surface area contributed by atoms with Crippen molar-refractivity contribution >= 4 is 10.0 Å². The normalized spacial score (nSPS) is 12.3. The zero-order valence-corrected chi connectivity index (χ0v) is 15.8. The van der Waals surface area contributed by atoms with E-state index >= 15 is 0 Å². The molecule has 0 spiro atoms. The van der Waals surface area contributed by atoms with E-state index < -0.39 is 10.0 Å². The summed E-state index contributed by atoms with van der Waals surface area (Å²) < 4.78 is 32.9. The van der Waals surface area contributed by atoms with Gasteiger partial charge in [-0.3, -0.25) is 0 Å². The Bertz CT molecular complexity index is 569. The van der Waals surface area contributed by atoms with Gasteiger partial charge in [0.05, 0.1) is 7.11 Å². The van der Waals surface area contributed by atoms with Crippen LogP contribution >= 0.6 is 0 Å². The molecule has 5 nitrogen and oxygen atoms in total. The number of hydrogen-bond acceptors (Lipinski definition) is 4. The van der Waals surface area contributed by atoms with Gasteiger partial charge in [-0.2, -0.15) is 4.31 Å². The van der Waals surface area contributed by atoms with E-state index in [-0.39, 0.29) is 10.8 Å². The molecule has 0 amide bonds. The second-order valence-corrected chi connectivity index (χ2v) is 7.84. The molecular weight excluding hydrogens is 312 g/mol. The first-order chi connectivity index (χ1) is 10.9. The Morgan fingerprint density at radius 3 is 2.22 bits per heavy atom. The summed E-state index contributed by atoms with van der Waals surface area (Å²) in [5.74, 6) is 0.653. The predicted molar refractivity (Wildman–Crippen MR) is 94.4 cm³/mol. The molecule has 1 rings (SSSR count). The van der Waals surface area contributed by atoms with Crippen LogP contribution < -0.4 is 4.74 Å². The minimum absolute atomic E-state index is 0.239. The standard InChI is InChI=1S/C17H30N2O3S/c1-6-18(7-2)12-13-19(14-15(3)4)23(20,21)17-11-9-8-10-16(17)22-5/h8-11,15H,6-7,12-14H2,1-5H3. The van der Waals surface area contributed by atoms with Crippen molar-refractivity contribution in [1.82, 2.24) is 9.21 Å². The van der Waals surface area contributed by atoms with Crippen molar-refractivity contribution in [3.8, 4) is 5.75 Å². The van der Waals surface area contributed by atoms with Crippen LogP contribution in [0.5, 0.6) is 5.75 Å². The van der Waals surface area contributed by atoms with Crippen LogP contribution in [0.1, 0.15) is 27.7 Å². The molecular formula is C17H30N2O3S. The minimum atomic E-state index is -3.57. The molecule has 0 aliphatic rings. The molecule has 0 unspecified atom stereocenters. The van der Waals surface area contributed by atoms with Gasteiger partial charge in [-0.25, -0.2) is 8.42 Å². The zero-order valence-electron chi connectivity index (χ0n) is 14.9. The number of sulfonamides is 1. The van der Waals surface area contributed by atoms with Gasteiger partial charge in [0, 0.05) is 19.6 Å². The molecule has 1 aromatic rings. The van der Waals surface area contributed by atoms with E-state index in [0.717, 1.165) is 19.6 Å². The van der Waals surface area contributed by atoms with E-state index in [1.165, 1.54) is 7.11 Å². The van der Waals surface area contributed by atoms with Gasteiger partial charge in [0.25, 0.3) is 0 Å². The van der Waals surface area contributed by atoms with Gasteiger partial charge in [0.2, 0.25) is 10.0 Å². The first-order valence-corrected chi connectivity index (χ1v) is 9.66. The molecule has 0 bridgehead atoms. The van der Waals surface area contributed by atoms with Gasteiger partial charge in [0.15, 0.2) is 0 Å². The predicted octanol–water partition coefficient (Wildman–Crippen LogP) is 2.68. The summed E-state index contributed by atoms with van der Waals surface area (Å²) in [6.07, 6.45) is 0. The van der Waals surface area contributed by atoms with Crippen molar-refractivity contribution in [3.63, 3.8) is 0 Å². The highest BCUT2D eigenvalue weighted by Crippen LogP contribution is 2.26. The number of likely N-dealkylation sites (N-methyl/N-ethyl adjacent to an activating group) is 1. The highest BCUT2D eigenvalue weighted by Gasteiger charge is 2.28. The smallest absolute Gasteiger partial charge is 0.246 e. The topological polar surface area (TPSA) is 49.9 Å². The number of hydrogen-bond donors (Lipinski definition) is 0. The van der Waals surface area contributed by atoms with Crippen LogP contribution in [0.3, 0.4) is 0 Å². The van der Waals surface area contributed by atoms with Gasteiger partial charge >= 0.3 is 0 Å². The second-order valence-electron chi connectivity index (χ2n) is 5.93. The molecule has 0 aliphatic heterocycles. The lowest BCUT2D eigenvalue weighted by Crippen LogP contribution is -2.40. The number of benzene rings is 1. The number of ether oxygens (including phenoxy) is 1. The van der Waals surface area contributed by atoms with Crippen LogP contribution in [0.15, 0.2) is 29.2 Å². The Balaban J connectivity index is 3.08. The number of para-hydroxylation sites is 1. The van der Waals surface area contributed by atoms with E-state index in [1.54, 1.807) is 28.6 Å². The second kappa shape index (κ2) is 9.25. The van der Waals surface area contributed by atoms with Crippen molar-refractivity contribution < 1.29 is 13.2 Å². The Labute approximate surface area is 141 Å². The lowest BCUT2D eigenvalue weighted by atomic mass is 10.2. The highest BCUT2D eigenvalue weighted by molar-refractivity contribution is 7.89.